The van der Waals surface area contributed by atoms with Gasteiger partial charge >= 0.3 is 24.2 Å². The lowest BCUT2D eigenvalue weighted by atomic mass is 10.2. The lowest BCUT2D eigenvalue weighted by Gasteiger charge is -2.25. The van der Waals surface area contributed by atoms with Crippen LogP contribution >= 0.6 is 11.8 Å². The molecule has 0 fully saturated rings. The normalized spacial score (nSPS) is 13.6. The number of ether oxygens (including phenoxy) is 4. The van der Waals surface area contributed by atoms with Crippen molar-refractivity contribution < 1.29 is 38.1 Å². The van der Waals surface area contributed by atoms with Crippen LogP contribution in [0.2, 0.25) is 0 Å². The van der Waals surface area contributed by atoms with Gasteiger partial charge in [-0.3, -0.25) is 0 Å². The predicted molar refractivity (Wildman–Crippen MR) is 139 cm³/mol. The number of amides is 3. The van der Waals surface area contributed by atoms with Gasteiger partial charge in [-0.15, -0.1) is 0 Å². The molecular formula is C24H45N3O8S. The molecule has 0 aliphatic heterocycles. The van der Waals surface area contributed by atoms with E-state index >= 15 is 0 Å². The maximum Gasteiger partial charge on any atom is 0.408 e. The Morgan fingerprint density at radius 2 is 1.14 bits per heavy atom. The third-order valence-corrected chi connectivity index (χ3v) is 5.00. The van der Waals surface area contributed by atoms with Gasteiger partial charge in [-0.2, -0.15) is 11.8 Å². The van der Waals surface area contributed by atoms with Crippen LogP contribution in [0.25, 0.3) is 0 Å². The Morgan fingerprint density at radius 1 is 0.694 bits per heavy atom. The Hall–Kier alpha value is -2.37. The number of carbonyl (C=O) groups excluding carboxylic acids is 4. The number of rotatable bonds is 11. The zero-order valence-corrected chi connectivity index (χ0v) is 24.2. The molecule has 0 aromatic carbocycles. The predicted octanol–water partition coefficient (Wildman–Crippen LogP) is 3.98. The van der Waals surface area contributed by atoms with E-state index in [0.717, 1.165) is 0 Å². The second-order valence-electron chi connectivity index (χ2n) is 11.1. The molecule has 3 N–H and O–H groups in total. The first-order valence-electron chi connectivity index (χ1n) is 11.9. The summed E-state index contributed by atoms with van der Waals surface area (Å²) in [5.74, 6) is 0.581. The minimum absolute atomic E-state index is 0.152. The Labute approximate surface area is 219 Å². The summed E-state index contributed by atoms with van der Waals surface area (Å²) in [5, 5.41) is 7.98. The van der Waals surface area contributed by atoms with E-state index in [9.17, 15) is 19.2 Å². The fourth-order valence-electron chi connectivity index (χ4n) is 2.59. The summed E-state index contributed by atoms with van der Waals surface area (Å²) in [6, 6.07) is -1.25. The first-order valence-corrected chi connectivity index (χ1v) is 13.1. The molecule has 0 aliphatic carbocycles. The van der Waals surface area contributed by atoms with Crippen LogP contribution in [0.5, 0.6) is 0 Å². The van der Waals surface area contributed by atoms with Crippen molar-refractivity contribution in [3.63, 3.8) is 0 Å². The largest absolute Gasteiger partial charge is 0.467 e. The fraction of sp³-hybridized carbons (Fsp3) is 0.833. The fourth-order valence-corrected chi connectivity index (χ4v) is 3.65. The van der Waals surface area contributed by atoms with Gasteiger partial charge in [-0.05, 0) is 86.7 Å². The third kappa shape index (κ3) is 18.9. The van der Waals surface area contributed by atoms with Crippen LogP contribution in [0.4, 0.5) is 14.4 Å². The summed E-state index contributed by atoms with van der Waals surface area (Å²) < 4.78 is 20.6. The van der Waals surface area contributed by atoms with E-state index in [1.807, 2.05) is 0 Å². The molecule has 0 saturated heterocycles. The quantitative estimate of drug-likeness (QED) is 0.203. The highest BCUT2D eigenvalue weighted by atomic mass is 32.2. The SMILES string of the molecule is COC(=O)[C@H](CCSCC[C@H](CNC(=O)OC(C)(C)C)NC(=O)OC(C)(C)C)NC(=O)OC(C)(C)C. The van der Waals surface area contributed by atoms with Crippen molar-refractivity contribution >= 4 is 36.0 Å². The summed E-state index contributed by atoms with van der Waals surface area (Å²) in [5.41, 5.74) is -1.99. The molecule has 0 unspecified atom stereocenters. The Balaban J connectivity index is 4.83. The highest BCUT2D eigenvalue weighted by Crippen LogP contribution is 2.13. The van der Waals surface area contributed by atoms with Gasteiger partial charge in [0.2, 0.25) is 0 Å². The Morgan fingerprint density at radius 3 is 1.61 bits per heavy atom. The van der Waals surface area contributed by atoms with Crippen molar-refractivity contribution in [3.05, 3.63) is 0 Å². The molecule has 0 heterocycles. The number of thioether (sulfide) groups is 1. The maximum atomic E-state index is 12.2. The summed E-state index contributed by atoms with van der Waals surface area (Å²) in [6.45, 7) is 15.9. The van der Waals surface area contributed by atoms with Gasteiger partial charge in [0.05, 0.1) is 13.2 Å². The van der Waals surface area contributed by atoms with E-state index in [1.54, 1.807) is 62.3 Å². The van der Waals surface area contributed by atoms with Gasteiger partial charge in [-0.25, -0.2) is 19.2 Å². The molecule has 0 aromatic heterocycles. The van der Waals surface area contributed by atoms with Crippen molar-refractivity contribution in [1.82, 2.24) is 16.0 Å². The number of hydrogen-bond donors (Lipinski definition) is 3. The van der Waals surface area contributed by atoms with E-state index in [0.29, 0.717) is 24.3 Å². The molecule has 11 nitrogen and oxygen atoms in total. The van der Waals surface area contributed by atoms with Gasteiger partial charge in [0.15, 0.2) is 0 Å². The molecule has 2 atom stereocenters. The monoisotopic (exact) mass is 535 g/mol. The molecule has 0 saturated carbocycles. The molecule has 0 radical (unpaired) electrons. The van der Waals surface area contributed by atoms with E-state index in [1.165, 1.54) is 18.9 Å². The van der Waals surface area contributed by atoms with Crippen molar-refractivity contribution in [2.45, 2.75) is 104 Å². The molecule has 0 aromatic rings. The Bertz CT molecular complexity index is 726. The number of methoxy groups -OCH3 is 1. The summed E-state index contributed by atoms with van der Waals surface area (Å²) in [6.07, 6.45) is -1.02. The highest BCUT2D eigenvalue weighted by molar-refractivity contribution is 7.99. The van der Waals surface area contributed by atoms with Crippen LogP contribution in [0, 0.1) is 0 Å². The summed E-state index contributed by atoms with van der Waals surface area (Å²) in [4.78, 5) is 48.4. The van der Waals surface area contributed by atoms with Crippen molar-refractivity contribution in [1.29, 1.82) is 0 Å². The first-order chi connectivity index (χ1) is 16.3. The summed E-state index contributed by atoms with van der Waals surface area (Å²) >= 11 is 1.53. The lowest BCUT2D eigenvalue weighted by molar-refractivity contribution is -0.143. The molecule has 0 aliphatic rings. The lowest BCUT2D eigenvalue weighted by Crippen LogP contribution is -2.46. The van der Waals surface area contributed by atoms with E-state index in [2.05, 4.69) is 16.0 Å². The molecule has 210 valence electrons. The van der Waals surface area contributed by atoms with Crippen LogP contribution in [0.3, 0.4) is 0 Å². The van der Waals surface area contributed by atoms with E-state index < -0.39 is 53.1 Å². The van der Waals surface area contributed by atoms with Crippen LogP contribution in [0.15, 0.2) is 0 Å². The number of alkyl carbamates (subject to hydrolysis) is 3. The smallest absolute Gasteiger partial charge is 0.408 e. The molecular weight excluding hydrogens is 490 g/mol. The molecule has 0 rings (SSSR count). The van der Waals surface area contributed by atoms with Gasteiger partial charge in [0, 0.05) is 6.54 Å². The minimum Gasteiger partial charge on any atom is -0.467 e. The van der Waals surface area contributed by atoms with Crippen LogP contribution < -0.4 is 16.0 Å². The first kappa shape index (κ1) is 33.6. The zero-order valence-electron chi connectivity index (χ0n) is 23.4. The molecule has 12 heteroatoms. The van der Waals surface area contributed by atoms with Gasteiger partial charge in [-0.1, -0.05) is 0 Å². The highest BCUT2D eigenvalue weighted by Gasteiger charge is 2.25. The number of carbonyl (C=O) groups is 4. The number of hydrogen-bond acceptors (Lipinski definition) is 9. The molecule has 0 spiro atoms. The zero-order chi connectivity index (χ0) is 28.2. The van der Waals surface area contributed by atoms with E-state index in [-0.39, 0.29) is 6.54 Å². The Kier molecular flexibility index (Phi) is 14.0. The van der Waals surface area contributed by atoms with Crippen LogP contribution in [0.1, 0.15) is 75.2 Å². The standard InChI is InChI=1S/C24H45N3O8S/c1-22(2,3)33-19(29)25-15-16(26-20(30)34-23(4,5)6)11-13-36-14-12-17(18(28)32-10)27-21(31)35-24(7,8)9/h16-17H,11-15H2,1-10H3,(H,25,29)(H,26,30)(H,27,31)/t16-,17+/m1/s1. The second kappa shape index (κ2) is 15.0. The van der Waals surface area contributed by atoms with Gasteiger partial charge < -0.3 is 34.9 Å². The average molecular weight is 536 g/mol. The minimum atomic E-state index is -0.845. The molecule has 0 bridgehead atoms. The van der Waals surface area contributed by atoms with Crippen LogP contribution in [-0.4, -0.2) is 78.3 Å². The van der Waals surface area contributed by atoms with Crippen molar-refractivity contribution in [3.8, 4) is 0 Å². The van der Waals surface area contributed by atoms with E-state index in [4.69, 9.17) is 18.9 Å². The number of nitrogens with one attached hydrogen (secondary N) is 3. The van der Waals surface area contributed by atoms with Crippen LogP contribution in [-0.2, 0) is 23.7 Å². The molecule has 36 heavy (non-hydrogen) atoms. The second-order valence-corrected chi connectivity index (χ2v) is 12.4. The van der Waals surface area contributed by atoms with Gasteiger partial charge in [0.25, 0.3) is 0 Å². The topological polar surface area (TPSA) is 141 Å². The maximum absolute atomic E-state index is 12.2. The van der Waals surface area contributed by atoms with Crippen molar-refractivity contribution in [2.75, 3.05) is 25.2 Å². The molecule has 3 amide bonds. The summed E-state index contributed by atoms with van der Waals surface area (Å²) in [7, 11) is 1.25. The third-order valence-electron chi connectivity index (χ3n) is 3.95. The van der Waals surface area contributed by atoms with Gasteiger partial charge in [0.1, 0.15) is 22.8 Å². The van der Waals surface area contributed by atoms with Crippen molar-refractivity contribution in [2.24, 2.45) is 0 Å². The number of esters is 1. The average Bonchev–Trinajstić information content (AvgIpc) is 2.65.